The minimum atomic E-state index is -3.08. The van der Waals surface area contributed by atoms with Gasteiger partial charge in [0, 0.05) is 5.57 Å². The highest BCUT2D eigenvalue weighted by atomic mass is 28.4. The molecule has 0 bridgehead atoms. The maximum atomic E-state index is 12.1. The van der Waals surface area contributed by atoms with Crippen LogP contribution in [0.2, 0.25) is 5.04 Å². The molecule has 0 unspecified atom stereocenters. The molecule has 2 aromatic rings. The number of hydrogen-bond donors (Lipinski definition) is 1. The molecule has 2 rings (SSSR count). The molecule has 0 aliphatic carbocycles. The summed E-state index contributed by atoms with van der Waals surface area (Å²) in [5.74, 6) is -0.484. The smallest absolute Gasteiger partial charge is 0.333 e. The van der Waals surface area contributed by atoms with Gasteiger partial charge in [0.1, 0.15) is 0 Å². The van der Waals surface area contributed by atoms with Crippen molar-refractivity contribution < 1.29 is 14.3 Å². The standard InChI is InChI=1S/C22H28O3Si/c1-17(18(2)21(23)25-5)16-22(3,4)26(24,19-12-8-6-9-13-19)20-14-10-7-11-15-20/h6-15,17,24H,2,16H2,1,3-5H3/t17-/m1/s1. The highest BCUT2D eigenvalue weighted by Crippen LogP contribution is 2.42. The van der Waals surface area contributed by atoms with Crippen LogP contribution in [-0.4, -0.2) is 26.2 Å². The number of methoxy groups -OCH3 is 1. The average Bonchev–Trinajstić information content (AvgIpc) is 2.66. The Labute approximate surface area is 157 Å². The lowest BCUT2D eigenvalue weighted by Crippen LogP contribution is -2.65. The third-order valence-corrected chi connectivity index (χ3v) is 9.72. The van der Waals surface area contributed by atoms with Crippen molar-refractivity contribution in [3.63, 3.8) is 0 Å². The van der Waals surface area contributed by atoms with Crippen LogP contribution in [0.1, 0.15) is 27.2 Å². The molecule has 26 heavy (non-hydrogen) atoms. The van der Waals surface area contributed by atoms with Gasteiger partial charge in [-0.15, -0.1) is 0 Å². The summed E-state index contributed by atoms with van der Waals surface area (Å²) in [5.41, 5.74) is 0.443. The van der Waals surface area contributed by atoms with Crippen LogP contribution in [0.15, 0.2) is 72.8 Å². The van der Waals surface area contributed by atoms with Crippen molar-refractivity contribution in [2.75, 3.05) is 7.11 Å². The average molecular weight is 369 g/mol. The Hall–Kier alpha value is -2.17. The molecule has 138 valence electrons. The zero-order valence-corrected chi connectivity index (χ0v) is 17.0. The van der Waals surface area contributed by atoms with Crippen molar-refractivity contribution in [2.24, 2.45) is 5.92 Å². The lowest BCUT2D eigenvalue weighted by atomic mass is 9.92. The topological polar surface area (TPSA) is 46.5 Å². The van der Waals surface area contributed by atoms with Gasteiger partial charge >= 0.3 is 5.97 Å². The van der Waals surface area contributed by atoms with Crippen molar-refractivity contribution in [1.29, 1.82) is 0 Å². The maximum absolute atomic E-state index is 12.1. The summed E-state index contributed by atoms with van der Waals surface area (Å²) in [6.45, 7) is 10.0. The molecule has 0 amide bonds. The molecule has 0 aliphatic heterocycles. The van der Waals surface area contributed by atoms with Gasteiger partial charge in [-0.2, -0.15) is 0 Å². The van der Waals surface area contributed by atoms with Crippen molar-refractivity contribution in [2.45, 2.75) is 32.2 Å². The van der Waals surface area contributed by atoms with Crippen LogP contribution >= 0.6 is 0 Å². The van der Waals surface area contributed by atoms with Crippen molar-refractivity contribution >= 4 is 24.7 Å². The number of carbonyl (C=O) groups excluding carboxylic acids is 1. The van der Waals surface area contributed by atoms with Crippen molar-refractivity contribution in [1.82, 2.24) is 0 Å². The van der Waals surface area contributed by atoms with Gasteiger partial charge < -0.3 is 9.53 Å². The van der Waals surface area contributed by atoms with E-state index in [0.29, 0.717) is 12.0 Å². The van der Waals surface area contributed by atoms with Gasteiger partial charge in [-0.1, -0.05) is 88.0 Å². The van der Waals surface area contributed by atoms with Crippen LogP contribution in [0, 0.1) is 5.92 Å². The number of ether oxygens (including phenoxy) is 1. The number of carbonyl (C=O) groups is 1. The fourth-order valence-electron chi connectivity index (χ4n) is 3.68. The van der Waals surface area contributed by atoms with Gasteiger partial charge in [0.25, 0.3) is 8.32 Å². The highest BCUT2D eigenvalue weighted by Gasteiger charge is 2.50. The number of benzene rings is 2. The van der Waals surface area contributed by atoms with Crippen molar-refractivity contribution in [3.8, 4) is 0 Å². The maximum Gasteiger partial charge on any atom is 0.333 e. The zero-order valence-electron chi connectivity index (χ0n) is 16.0. The van der Waals surface area contributed by atoms with Crippen LogP contribution < -0.4 is 10.4 Å². The summed E-state index contributed by atoms with van der Waals surface area (Å²) in [6.07, 6.45) is 0.632. The van der Waals surface area contributed by atoms with E-state index in [-0.39, 0.29) is 5.92 Å². The number of esters is 1. The first-order valence-electron chi connectivity index (χ1n) is 8.84. The third-order valence-electron chi connectivity index (χ3n) is 5.22. The van der Waals surface area contributed by atoms with Gasteiger partial charge in [-0.25, -0.2) is 4.79 Å². The van der Waals surface area contributed by atoms with Crippen LogP contribution in [0.5, 0.6) is 0 Å². The number of rotatable bonds is 7. The van der Waals surface area contributed by atoms with Gasteiger partial charge in [-0.05, 0) is 27.8 Å². The van der Waals surface area contributed by atoms with Gasteiger partial charge in [0.2, 0.25) is 0 Å². The predicted octanol–water partition coefficient (Wildman–Crippen LogP) is 3.27. The first kappa shape index (κ1) is 20.1. The summed E-state index contributed by atoms with van der Waals surface area (Å²) in [7, 11) is -1.71. The summed E-state index contributed by atoms with van der Waals surface area (Å²) in [5, 5.41) is 1.51. The summed E-state index contributed by atoms with van der Waals surface area (Å²) in [4.78, 5) is 24.0. The largest absolute Gasteiger partial charge is 0.466 e. The highest BCUT2D eigenvalue weighted by molar-refractivity contribution is 6.98. The van der Waals surface area contributed by atoms with E-state index in [0.717, 1.165) is 10.4 Å². The molecule has 1 N–H and O–H groups in total. The van der Waals surface area contributed by atoms with Gasteiger partial charge in [0.05, 0.1) is 7.11 Å². The van der Waals surface area contributed by atoms with E-state index in [1.807, 2.05) is 67.6 Å². The molecule has 0 saturated heterocycles. The fourth-order valence-corrected chi connectivity index (χ4v) is 7.52. The van der Waals surface area contributed by atoms with E-state index in [2.05, 4.69) is 20.4 Å². The molecule has 0 fully saturated rings. The molecule has 3 nitrogen and oxygen atoms in total. The molecule has 0 radical (unpaired) electrons. The van der Waals surface area contributed by atoms with E-state index in [4.69, 9.17) is 4.74 Å². The minimum absolute atomic E-state index is 0.0936. The molecular weight excluding hydrogens is 340 g/mol. The second-order valence-electron chi connectivity index (χ2n) is 7.45. The SMILES string of the molecule is C=C(C(=O)OC)[C@H](C)CC(C)(C)[Si](O)(c1ccccc1)c1ccccc1. The lowest BCUT2D eigenvalue weighted by molar-refractivity contribution is -0.136. The molecule has 0 aliphatic rings. The molecule has 0 heterocycles. The van der Waals surface area contributed by atoms with Crippen LogP contribution in [0.4, 0.5) is 0 Å². The lowest BCUT2D eigenvalue weighted by Gasteiger charge is -2.42. The van der Waals surface area contributed by atoms with Crippen LogP contribution in [-0.2, 0) is 9.53 Å². The van der Waals surface area contributed by atoms with E-state index >= 15 is 0 Å². The van der Waals surface area contributed by atoms with E-state index in [1.165, 1.54) is 7.11 Å². The Morgan fingerprint density at radius 1 is 1.08 bits per heavy atom. The quantitative estimate of drug-likeness (QED) is 0.463. The van der Waals surface area contributed by atoms with E-state index < -0.39 is 19.3 Å². The first-order chi connectivity index (χ1) is 12.2. The third kappa shape index (κ3) is 3.81. The van der Waals surface area contributed by atoms with Crippen molar-refractivity contribution in [3.05, 3.63) is 72.8 Å². The zero-order chi connectivity index (χ0) is 19.4. The van der Waals surface area contributed by atoms with Crippen LogP contribution in [0.25, 0.3) is 0 Å². The Kier molecular flexibility index (Phi) is 6.21. The van der Waals surface area contributed by atoms with Crippen LogP contribution in [0.3, 0.4) is 0 Å². The van der Waals surface area contributed by atoms with E-state index in [9.17, 15) is 9.59 Å². The Morgan fingerprint density at radius 3 is 1.88 bits per heavy atom. The molecule has 0 aromatic heterocycles. The monoisotopic (exact) mass is 368 g/mol. The second-order valence-corrected chi connectivity index (χ2v) is 11.4. The van der Waals surface area contributed by atoms with E-state index in [1.54, 1.807) is 0 Å². The summed E-state index contributed by atoms with van der Waals surface area (Å²) in [6, 6.07) is 19.8. The Bertz CT molecular complexity index is 714. The number of hydrogen-bond acceptors (Lipinski definition) is 3. The Balaban J connectivity index is 2.48. The molecule has 0 saturated carbocycles. The molecule has 2 aromatic carbocycles. The van der Waals surface area contributed by atoms with Gasteiger partial charge in [0.15, 0.2) is 0 Å². The molecule has 1 atom stereocenters. The van der Waals surface area contributed by atoms with Gasteiger partial charge in [-0.3, -0.25) is 0 Å². The summed E-state index contributed by atoms with van der Waals surface area (Å²) < 4.78 is 4.81. The fraction of sp³-hybridized carbons (Fsp3) is 0.318. The second kappa shape index (κ2) is 8.02. The normalized spacial score (nSPS) is 13.1. The minimum Gasteiger partial charge on any atom is -0.466 e. The Morgan fingerprint density at radius 2 is 1.50 bits per heavy atom. The summed E-state index contributed by atoms with van der Waals surface area (Å²) >= 11 is 0. The predicted molar refractivity (Wildman–Crippen MR) is 109 cm³/mol. The molecule has 0 spiro atoms. The molecule has 4 heteroatoms. The molecular formula is C22H28O3Si. The first-order valence-corrected chi connectivity index (χ1v) is 10.8.